The van der Waals surface area contributed by atoms with Crippen LogP contribution in [-0.2, 0) is 0 Å². The van der Waals surface area contributed by atoms with Crippen LogP contribution < -0.4 is 28.4 Å². The van der Waals surface area contributed by atoms with E-state index in [1.165, 1.54) is 74.6 Å². The molecule has 0 saturated heterocycles. The summed E-state index contributed by atoms with van der Waals surface area (Å²) in [7, 11) is 19.0. The molecular formula is C102H162N6O12. The molecule has 18 nitrogen and oxygen atoms in total. The Bertz CT molecular complexity index is 5050. The first-order chi connectivity index (χ1) is 69.1. The van der Waals surface area contributed by atoms with Crippen molar-refractivity contribution < 1.29 is 100 Å². The highest BCUT2D eigenvalue weighted by atomic mass is 16.5. The molecule has 0 aliphatic heterocycles. The summed E-state index contributed by atoms with van der Waals surface area (Å²) in [5, 5.41) is 67.8. The molecule has 6 N–H and O–H groups in total. The van der Waals surface area contributed by atoms with Gasteiger partial charge in [0.2, 0.25) is 0 Å². The van der Waals surface area contributed by atoms with Crippen molar-refractivity contribution in [3.8, 4) is 34.5 Å². The molecule has 0 amide bonds. The summed E-state index contributed by atoms with van der Waals surface area (Å²) in [5.41, 5.74) is -6.22. The van der Waals surface area contributed by atoms with Crippen molar-refractivity contribution in [1.82, 2.24) is 29.4 Å². The van der Waals surface area contributed by atoms with Crippen LogP contribution in [0.5, 0.6) is 34.5 Å². The van der Waals surface area contributed by atoms with Gasteiger partial charge < -0.3 is 88.5 Å². The first kappa shape index (κ1) is 64.4. The van der Waals surface area contributed by atoms with E-state index in [0.717, 1.165) is 95.4 Å². The van der Waals surface area contributed by atoms with Gasteiger partial charge in [-0.25, -0.2) is 0 Å². The van der Waals surface area contributed by atoms with Gasteiger partial charge in [0.05, 0.1) is 76.3 Å². The molecule has 6 atom stereocenters. The number of hydrogen-bond donors (Lipinski definition) is 6. The monoisotopic (exact) mass is 1690 g/mol. The molecule has 0 aromatic heterocycles. The highest BCUT2D eigenvalue weighted by molar-refractivity contribution is 5.37. The summed E-state index contributed by atoms with van der Waals surface area (Å²) in [6, 6.07) is 39.8. The van der Waals surface area contributed by atoms with Gasteiger partial charge in [-0.2, -0.15) is 0 Å². The Morgan fingerprint density at radius 3 is 0.592 bits per heavy atom. The lowest BCUT2D eigenvalue weighted by Crippen LogP contribution is -2.42. The van der Waals surface area contributed by atoms with Crippen molar-refractivity contribution in [2.75, 3.05) is 166 Å². The predicted molar refractivity (Wildman–Crippen MR) is 494 cm³/mol. The number of aliphatic hydroxyl groups is 6. The summed E-state index contributed by atoms with van der Waals surface area (Å²) in [5.74, 6) is -7.18. The Balaban J connectivity index is 0.000000244. The van der Waals surface area contributed by atoms with E-state index in [4.69, 9.17) is 69.5 Å². The molecule has 18 heteroatoms. The van der Waals surface area contributed by atoms with Crippen molar-refractivity contribution in [3.05, 3.63) is 179 Å². The second-order valence-corrected chi connectivity index (χ2v) is 33.3. The van der Waals surface area contributed by atoms with Gasteiger partial charge in [-0.3, -0.25) is 0 Å². The van der Waals surface area contributed by atoms with Crippen LogP contribution in [0.4, 0.5) is 0 Å². The van der Waals surface area contributed by atoms with E-state index >= 15 is 0 Å². The summed E-state index contributed by atoms with van der Waals surface area (Å²) in [6.45, 7) is -25.7. The molecule has 6 fully saturated rings. The minimum atomic E-state index is -3.36. The summed E-state index contributed by atoms with van der Waals surface area (Å²) in [4.78, 5) is 5.25. The fraction of sp³-hybridized carbons (Fsp3) is 0.647. The van der Waals surface area contributed by atoms with E-state index < -0.39 is 137 Å². The fourth-order valence-corrected chi connectivity index (χ4v) is 17.2. The highest BCUT2D eigenvalue weighted by Gasteiger charge is 2.45. The van der Waals surface area contributed by atoms with Crippen LogP contribution in [0, 0.1) is 0 Å². The van der Waals surface area contributed by atoms with E-state index in [1.807, 2.05) is 43.3 Å². The molecular weight excluding hydrogens is 1500 g/mol. The van der Waals surface area contributed by atoms with Crippen LogP contribution in [0.2, 0.25) is 0 Å². The van der Waals surface area contributed by atoms with Gasteiger partial charge in [0.25, 0.3) is 0 Å². The normalized spacial score (nSPS) is 26.1. The van der Waals surface area contributed by atoms with Crippen molar-refractivity contribution in [3.63, 3.8) is 0 Å². The Morgan fingerprint density at radius 1 is 0.242 bits per heavy atom. The maximum absolute atomic E-state index is 11.4. The second-order valence-electron chi connectivity index (χ2n) is 33.3. The van der Waals surface area contributed by atoms with Gasteiger partial charge in [-0.1, -0.05) is 188 Å². The maximum atomic E-state index is 11.4. The Hall–Kier alpha value is -6.36. The number of ether oxygens (including phenoxy) is 6. The minimum Gasteiger partial charge on any atom is -0.497 e. The third-order valence-electron chi connectivity index (χ3n) is 23.6. The quantitative estimate of drug-likeness (QED) is 0.0249. The zero-order valence-corrected chi connectivity index (χ0v) is 73.5. The second kappa shape index (κ2) is 50.0. The van der Waals surface area contributed by atoms with Crippen LogP contribution in [0.25, 0.3) is 0 Å². The van der Waals surface area contributed by atoms with Crippen molar-refractivity contribution in [2.45, 2.75) is 262 Å². The highest BCUT2D eigenvalue weighted by Crippen LogP contribution is 2.47. The predicted octanol–water partition coefficient (Wildman–Crippen LogP) is 18.2. The lowest BCUT2D eigenvalue weighted by Gasteiger charge is -2.40. The van der Waals surface area contributed by atoms with E-state index in [9.17, 15) is 30.6 Å². The van der Waals surface area contributed by atoms with Gasteiger partial charge in [-0.05, 0) is 267 Å². The molecule has 6 unspecified atom stereocenters. The van der Waals surface area contributed by atoms with E-state index in [1.54, 1.807) is 120 Å². The molecule has 0 heterocycles. The first-order valence-corrected chi connectivity index (χ1v) is 42.6. The van der Waals surface area contributed by atoms with Gasteiger partial charge in [0.15, 0.2) is 0 Å². The van der Waals surface area contributed by atoms with Crippen LogP contribution in [0.1, 0.15) is 302 Å². The molecule has 6 aromatic carbocycles. The summed E-state index contributed by atoms with van der Waals surface area (Å²) >= 11 is 0. The lowest BCUT2D eigenvalue weighted by molar-refractivity contribution is -0.0280. The average molecular weight is 1690 g/mol. The number of rotatable bonds is 30. The smallest absolute Gasteiger partial charge is 0.118 e. The Morgan fingerprint density at radius 2 is 0.408 bits per heavy atom. The number of methoxy groups -OCH3 is 6. The van der Waals surface area contributed by atoms with E-state index in [0.29, 0.717) is 152 Å². The van der Waals surface area contributed by atoms with Crippen molar-refractivity contribution in [1.29, 1.82) is 0 Å². The maximum Gasteiger partial charge on any atom is 0.118 e. The van der Waals surface area contributed by atoms with E-state index in [2.05, 4.69) is 0 Å². The third kappa shape index (κ3) is 31.1. The Labute approximate surface area is 768 Å². The zero-order chi connectivity index (χ0) is 113. The number of likely N-dealkylation sites (N-methyl/N-ethyl adjacent to an activating group) is 6. The van der Waals surface area contributed by atoms with Gasteiger partial charge in [-0.15, -0.1) is 0 Å². The van der Waals surface area contributed by atoms with Gasteiger partial charge >= 0.3 is 0 Å². The molecule has 0 radical (unpaired) electrons. The average Bonchev–Trinajstić information content (AvgIpc) is 0.690. The summed E-state index contributed by atoms with van der Waals surface area (Å²) in [6.07, 6.45) is 19.5. The standard InChI is InChI=1S/6C17H27NO2/c6*1-18(2)13-16(17(19)11-5-4-6-12-17)14-7-9-15(20-3)10-8-14/h6*7-10,16,19H,4-6,11-13H2,1-3H3/i1D3,2D3,13D2,16D;1D3,13D2,16D;1D3,2D3,16D;13D2,16D;1D3,16D;16D. The molecule has 6 aliphatic rings. The molecule has 120 heavy (non-hydrogen) atoms. The largest absolute Gasteiger partial charge is 0.497 e. The van der Waals surface area contributed by atoms with Crippen LogP contribution in [-0.4, -0.2) is 260 Å². The molecule has 6 saturated carbocycles. The first-order valence-electron chi connectivity index (χ1n) is 57.6. The minimum absolute atomic E-state index is 0.0220. The zero-order valence-electron chi connectivity index (χ0n) is 104. The van der Waals surface area contributed by atoms with Crippen molar-refractivity contribution >= 4 is 0 Å². The molecule has 6 aromatic rings. The Kier molecular flexibility index (Phi) is 26.8. The fourth-order valence-electron chi connectivity index (χ4n) is 17.2. The lowest BCUT2D eigenvalue weighted by atomic mass is 9.72. The van der Waals surface area contributed by atoms with Crippen LogP contribution >= 0.6 is 0 Å². The molecule has 672 valence electrons. The molecule has 0 bridgehead atoms. The number of nitrogens with zero attached hydrogens (tertiary/aromatic N) is 6. The molecule has 0 spiro atoms. The summed E-state index contributed by atoms with van der Waals surface area (Å²) < 4.78 is 275. The van der Waals surface area contributed by atoms with Gasteiger partial charge in [0, 0.05) is 116 Å². The van der Waals surface area contributed by atoms with Crippen LogP contribution in [0.3, 0.4) is 0 Å². The topological polar surface area (TPSA) is 196 Å². The number of hydrogen-bond acceptors (Lipinski definition) is 18. The van der Waals surface area contributed by atoms with Crippen LogP contribution in [0.15, 0.2) is 146 Å². The van der Waals surface area contributed by atoms with Gasteiger partial charge in [0.1, 0.15) is 34.5 Å². The third-order valence-corrected chi connectivity index (χ3v) is 23.6. The molecule has 6 aliphatic carbocycles. The van der Waals surface area contributed by atoms with Crippen molar-refractivity contribution in [2.24, 2.45) is 0 Å². The molecule has 12 rings (SSSR count). The SMILES string of the molecule is [2H]C(CN(C)C)(c1ccc(OC)cc1)C1(O)CCCCC1.[2H]C([2H])(N(C)C)C([2H])(c1ccc(OC)cc1)C1(O)CCCCC1.[2H]C([2H])([2H])N(C([2H])([2H])[2H])C([2H])([2H])C([2H])(c1ccc(OC)cc1)C1(O)CCCCC1.[2H]C([2H])([2H])N(C)C([2H])([2H])C([2H])(c1ccc(OC)cc1)C1(O)CCCCC1.[2H]C([2H])([2H])N(C)CC([2H])(c1ccc(OC)cc1)C1(O)CCCCC1.[2H]C([2H])([2H])N(CC([2H])(c1ccc(OC)cc1)C1(O)CCCCC1)C([2H])([2H])[2H]. The van der Waals surface area contributed by atoms with E-state index in [-0.39, 0.29) is 48.3 Å². The number of benzene rings is 6.